The number of para-hydroxylation sites is 3. The third kappa shape index (κ3) is 4.24. The first-order valence-corrected chi connectivity index (χ1v) is 11.2. The quantitative estimate of drug-likeness (QED) is 0.444. The summed E-state index contributed by atoms with van der Waals surface area (Å²) in [6, 6.07) is 20.0. The van der Waals surface area contributed by atoms with Crippen molar-refractivity contribution in [1.29, 1.82) is 0 Å². The van der Waals surface area contributed by atoms with E-state index in [1.807, 2.05) is 0 Å². The molecule has 3 atom stereocenters. The number of halogens is 3. The lowest BCUT2D eigenvalue weighted by Crippen LogP contribution is -2.37. The number of anilines is 2. The predicted molar refractivity (Wildman–Crippen MR) is 123 cm³/mol. The highest BCUT2D eigenvalue weighted by Crippen LogP contribution is 2.48. The van der Waals surface area contributed by atoms with Gasteiger partial charge in [0.05, 0.1) is 24.0 Å². The number of fused-ring (bicyclic) bond motifs is 1. The Balaban J connectivity index is 1.54. The Bertz CT molecular complexity index is 1270. The molecule has 0 spiro atoms. The number of hydroxylamine groups is 1. The topological polar surface area (TPSA) is 68.3 Å². The van der Waals surface area contributed by atoms with E-state index in [0.29, 0.717) is 29.3 Å². The number of ether oxygens (including phenoxy) is 2. The summed E-state index contributed by atoms with van der Waals surface area (Å²) in [5.41, 5.74) is 1.39. The van der Waals surface area contributed by atoms with Crippen LogP contribution in [0.3, 0.4) is 0 Å². The molecule has 2 amide bonds. The Morgan fingerprint density at radius 1 is 0.889 bits per heavy atom. The summed E-state index contributed by atoms with van der Waals surface area (Å²) in [5, 5.41) is 1.47. The van der Waals surface area contributed by atoms with Crippen LogP contribution in [0.5, 0.6) is 11.5 Å². The summed E-state index contributed by atoms with van der Waals surface area (Å²) >= 11 is 0. The van der Waals surface area contributed by atoms with Gasteiger partial charge in [0.25, 0.3) is 5.91 Å². The first-order valence-electron chi connectivity index (χ1n) is 11.2. The number of nitrogens with zero attached hydrogens (tertiary/aromatic N) is 2. The van der Waals surface area contributed by atoms with Gasteiger partial charge in [-0.3, -0.25) is 14.4 Å². The molecule has 2 saturated heterocycles. The number of imide groups is 1. The highest BCUT2D eigenvalue weighted by molar-refractivity contribution is 6.24. The molecule has 0 unspecified atom stereocenters. The van der Waals surface area contributed by atoms with Crippen LogP contribution in [-0.4, -0.2) is 30.9 Å². The smallest absolute Gasteiger partial charge is 0.492 e. The van der Waals surface area contributed by atoms with E-state index in [1.165, 1.54) is 29.3 Å². The van der Waals surface area contributed by atoms with E-state index in [-0.39, 0.29) is 0 Å². The molecule has 2 aliphatic rings. The lowest BCUT2D eigenvalue weighted by Gasteiger charge is -2.29. The zero-order chi connectivity index (χ0) is 25.4. The minimum absolute atomic E-state index is 0.311. The van der Waals surface area contributed by atoms with E-state index in [4.69, 9.17) is 9.57 Å². The van der Waals surface area contributed by atoms with Gasteiger partial charge in [-0.15, -0.1) is 13.2 Å². The highest BCUT2D eigenvalue weighted by atomic mass is 19.4. The molecule has 3 aromatic rings. The monoisotopic (exact) mass is 498 g/mol. The molecule has 2 fully saturated rings. The number of rotatable bonds is 6. The van der Waals surface area contributed by atoms with E-state index in [9.17, 15) is 22.8 Å². The molecule has 0 bridgehead atoms. The van der Waals surface area contributed by atoms with Gasteiger partial charge in [0.15, 0.2) is 6.10 Å². The maximum atomic E-state index is 13.7. The molecule has 0 N–H and O–H groups in total. The second-order valence-electron chi connectivity index (χ2n) is 8.19. The molecule has 0 aromatic heterocycles. The van der Waals surface area contributed by atoms with E-state index < -0.39 is 42.0 Å². The number of amides is 2. The second-order valence-corrected chi connectivity index (χ2v) is 8.19. The van der Waals surface area contributed by atoms with E-state index in [1.54, 1.807) is 61.5 Å². The molecular formula is C26H21F3N2O5. The average molecular weight is 498 g/mol. The molecule has 36 heavy (non-hydrogen) atoms. The maximum absolute atomic E-state index is 13.7. The van der Waals surface area contributed by atoms with Crippen LogP contribution in [0.15, 0.2) is 78.9 Å². The highest BCUT2D eigenvalue weighted by Gasteiger charge is 2.60. The van der Waals surface area contributed by atoms with Crippen molar-refractivity contribution < 1.29 is 37.1 Å². The fraction of sp³-hybridized carbons (Fsp3) is 0.231. The zero-order valence-corrected chi connectivity index (χ0v) is 19.0. The van der Waals surface area contributed by atoms with E-state index in [2.05, 4.69) is 4.74 Å². The Labute approximate surface area is 204 Å². The Morgan fingerprint density at radius 3 is 2.22 bits per heavy atom. The van der Waals surface area contributed by atoms with Crippen molar-refractivity contribution in [3.8, 4) is 11.5 Å². The third-order valence-electron chi connectivity index (χ3n) is 5.99. The van der Waals surface area contributed by atoms with Gasteiger partial charge in [-0.05, 0) is 48.9 Å². The molecule has 3 aromatic carbocycles. The molecule has 186 valence electrons. The third-order valence-corrected chi connectivity index (χ3v) is 5.99. The first-order chi connectivity index (χ1) is 17.3. The Hall–Kier alpha value is -4.05. The van der Waals surface area contributed by atoms with Gasteiger partial charge < -0.3 is 9.47 Å². The van der Waals surface area contributed by atoms with Crippen molar-refractivity contribution >= 4 is 23.2 Å². The normalized spacial score (nSPS) is 21.6. The zero-order valence-electron chi connectivity index (χ0n) is 19.0. The average Bonchev–Trinajstić information content (AvgIpc) is 3.36. The lowest BCUT2D eigenvalue weighted by molar-refractivity contribution is -0.274. The number of carbonyl (C=O) groups is 2. The first kappa shape index (κ1) is 23.7. The molecule has 0 radical (unpaired) electrons. The van der Waals surface area contributed by atoms with Crippen LogP contribution >= 0.6 is 0 Å². The molecule has 2 heterocycles. The van der Waals surface area contributed by atoms with Crippen LogP contribution in [-0.2, 0) is 14.4 Å². The van der Waals surface area contributed by atoms with Gasteiger partial charge >= 0.3 is 6.36 Å². The molecule has 7 nitrogen and oxygen atoms in total. The minimum atomic E-state index is -4.83. The van der Waals surface area contributed by atoms with Crippen LogP contribution in [0.2, 0.25) is 0 Å². The molecule has 5 rings (SSSR count). The van der Waals surface area contributed by atoms with Gasteiger partial charge in [-0.25, -0.2) is 9.96 Å². The minimum Gasteiger partial charge on any atom is -0.492 e. The Kier molecular flexibility index (Phi) is 6.05. The van der Waals surface area contributed by atoms with Gasteiger partial charge in [0.1, 0.15) is 17.4 Å². The van der Waals surface area contributed by atoms with E-state index in [0.717, 1.165) is 4.90 Å². The van der Waals surface area contributed by atoms with Gasteiger partial charge in [0, 0.05) is 0 Å². The molecular weight excluding hydrogens is 477 g/mol. The molecule has 10 heteroatoms. The molecule has 0 saturated carbocycles. The SMILES string of the molecule is CCOc1ccccc1N1C(=O)[C@H]2[C@@H](c3ccc(OC(F)(F)F)cc3)N(c3ccccc3)O[C@H]2C1=O. The van der Waals surface area contributed by atoms with Crippen molar-refractivity contribution in [2.24, 2.45) is 5.92 Å². The maximum Gasteiger partial charge on any atom is 0.573 e. The van der Waals surface area contributed by atoms with Crippen molar-refractivity contribution in [1.82, 2.24) is 0 Å². The van der Waals surface area contributed by atoms with Crippen LogP contribution in [0.4, 0.5) is 24.5 Å². The van der Waals surface area contributed by atoms with E-state index >= 15 is 0 Å². The number of hydrogen-bond acceptors (Lipinski definition) is 6. The van der Waals surface area contributed by atoms with Gasteiger partial charge in [-0.2, -0.15) is 0 Å². The van der Waals surface area contributed by atoms with Crippen molar-refractivity contribution in [2.45, 2.75) is 25.4 Å². The van der Waals surface area contributed by atoms with Crippen molar-refractivity contribution in [3.63, 3.8) is 0 Å². The number of carbonyl (C=O) groups excluding carboxylic acids is 2. The van der Waals surface area contributed by atoms with Crippen LogP contribution < -0.4 is 19.4 Å². The van der Waals surface area contributed by atoms with Crippen LogP contribution in [0.1, 0.15) is 18.5 Å². The fourth-order valence-electron chi connectivity index (χ4n) is 4.58. The number of hydrogen-bond donors (Lipinski definition) is 0. The van der Waals surface area contributed by atoms with Crippen molar-refractivity contribution in [3.05, 3.63) is 84.4 Å². The number of alkyl halides is 3. The fourth-order valence-corrected chi connectivity index (χ4v) is 4.58. The van der Waals surface area contributed by atoms with Crippen LogP contribution in [0, 0.1) is 5.92 Å². The summed E-state index contributed by atoms with van der Waals surface area (Å²) in [5.74, 6) is -1.99. The van der Waals surface area contributed by atoms with Gasteiger partial charge in [0.2, 0.25) is 5.91 Å². The lowest BCUT2D eigenvalue weighted by atomic mass is 9.90. The largest absolute Gasteiger partial charge is 0.573 e. The predicted octanol–water partition coefficient (Wildman–Crippen LogP) is 5.04. The summed E-state index contributed by atoms with van der Waals surface area (Å²) in [6.07, 6.45) is -5.95. The second kappa shape index (κ2) is 9.19. The number of benzene rings is 3. The summed E-state index contributed by atoms with van der Waals surface area (Å²) in [4.78, 5) is 34.3. The molecule has 0 aliphatic carbocycles. The summed E-state index contributed by atoms with van der Waals surface area (Å²) < 4.78 is 47.5. The summed E-state index contributed by atoms with van der Waals surface area (Å²) in [6.45, 7) is 2.13. The van der Waals surface area contributed by atoms with Crippen LogP contribution in [0.25, 0.3) is 0 Å². The van der Waals surface area contributed by atoms with Gasteiger partial charge in [-0.1, -0.05) is 42.5 Å². The molecule has 2 aliphatic heterocycles. The van der Waals surface area contributed by atoms with Crippen molar-refractivity contribution in [2.75, 3.05) is 16.6 Å². The standard InChI is InChI=1S/C26H21F3N2O5/c1-2-34-20-11-7-6-10-19(20)30-24(32)21-22(16-12-14-18(15-13-16)35-26(27,28)29)31(36-23(21)25(30)33)17-8-4-3-5-9-17/h3-15,21-23H,2H2,1H3/t21-,22+,23+/m0/s1. The summed E-state index contributed by atoms with van der Waals surface area (Å²) in [7, 11) is 0. The Morgan fingerprint density at radius 2 is 1.56 bits per heavy atom.